The third-order valence-corrected chi connectivity index (χ3v) is 3.65. The number of halogens is 1. The number of esters is 2. The van der Waals surface area contributed by atoms with Crippen LogP contribution in [0.3, 0.4) is 0 Å². The zero-order valence-electron chi connectivity index (χ0n) is 14.9. The van der Waals surface area contributed by atoms with E-state index >= 15 is 0 Å². The fourth-order valence-corrected chi connectivity index (χ4v) is 2.18. The van der Waals surface area contributed by atoms with Gasteiger partial charge in [-0.05, 0) is 18.9 Å². The van der Waals surface area contributed by atoms with Crippen LogP contribution in [0, 0.1) is 15.9 Å². The number of nitro benzene ring substituents is 1. The Labute approximate surface area is 151 Å². The maximum atomic E-state index is 13.6. The topological polar surface area (TPSA) is 95.7 Å². The van der Waals surface area contributed by atoms with Crippen LogP contribution in [0.1, 0.15) is 57.4 Å². The SMILES string of the molecule is CCCCCCOC(=O)CCCC(=O)OCc1cc([N+](=O)[O-])ccc1F. The van der Waals surface area contributed by atoms with Crippen molar-refractivity contribution in [3.05, 3.63) is 39.7 Å². The van der Waals surface area contributed by atoms with Crippen LogP contribution >= 0.6 is 0 Å². The molecule has 0 aromatic heterocycles. The van der Waals surface area contributed by atoms with Crippen molar-refractivity contribution in [1.29, 1.82) is 0 Å². The Kier molecular flexibility index (Phi) is 9.89. The second-order valence-corrected chi connectivity index (χ2v) is 5.83. The standard InChI is InChI=1S/C18H24FNO6/c1-2-3-4-5-11-25-17(21)7-6-8-18(22)26-13-14-12-15(20(23)24)9-10-16(14)19/h9-10,12H,2-8,11,13H2,1H3. The lowest BCUT2D eigenvalue weighted by molar-refractivity contribution is -0.385. The highest BCUT2D eigenvalue weighted by molar-refractivity contribution is 5.72. The first-order valence-electron chi connectivity index (χ1n) is 8.68. The Morgan fingerprint density at radius 3 is 2.42 bits per heavy atom. The average molecular weight is 369 g/mol. The molecule has 0 spiro atoms. The van der Waals surface area contributed by atoms with Crippen LogP contribution in [0.2, 0.25) is 0 Å². The van der Waals surface area contributed by atoms with Crippen LogP contribution < -0.4 is 0 Å². The first-order chi connectivity index (χ1) is 12.4. The van der Waals surface area contributed by atoms with Crippen molar-refractivity contribution < 1.29 is 28.4 Å². The van der Waals surface area contributed by atoms with Gasteiger partial charge in [0.25, 0.3) is 5.69 Å². The highest BCUT2D eigenvalue weighted by Crippen LogP contribution is 2.18. The lowest BCUT2D eigenvalue weighted by atomic mass is 10.2. The number of carbonyl (C=O) groups is 2. The molecule has 0 saturated heterocycles. The molecule has 0 unspecified atom stereocenters. The van der Waals surface area contributed by atoms with Gasteiger partial charge >= 0.3 is 11.9 Å². The Bertz CT molecular complexity index is 620. The van der Waals surface area contributed by atoms with Crippen LogP contribution in [0.4, 0.5) is 10.1 Å². The minimum atomic E-state index is -0.685. The van der Waals surface area contributed by atoms with Gasteiger partial charge in [-0.25, -0.2) is 4.39 Å². The number of rotatable bonds is 12. The van der Waals surface area contributed by atoms with Gasteiger partial charge in [0.2, 0.25) is 0 Å². The van der Waals surface area contributed by atoms with Gasteiger partial charge in [0.1, 0.15) is 12.4 Å². The molecule has 0 saturated carbocycles. The lowest BCUT2D eigenvalue weighted by Gasteiger charge is -2.06. The average Bonchev–Trinajstić information content (AvgIpc) is 2.60. The number of nitrogens with zero attached hydrogens (tertiary/aromatic N) is 1. The quantitative estimate of drug-likeness (QED) is 0.238. The van der Waals surface area contributed by atoms with E-state index in [0.717, 1.165) is 43.9 Å². The summed E-state index contributed by atoms with van der Waals surface area (Å²) in [5, 5.41) is 10.7. The number of carbonyl (C=O) groups excluding carboxylic acids is 2. The van der Waals surface area contributed by atoms with Crippen LogP contribution in [0.25, 0.3) is 0 Å². The van der Waals surface area contributed by atoms with Gasteiger partial charge in [-0.15, -0.1) is 0 Å². The minimum absolute atomic E-state index is 0.0124. The normalized spacial score (nSPS) is 10.4. The molecule has 1 aromatic rings. The summed E-state index contributed by atoms with van der Waals surface area (Å²) in [4.78, 5) is 33.1. The predicted molar refractivity (Wildman–Crippen MR) is 91.8 cm³/mol. The molecule has 1 rings (SSSR count). The maximum absolute atomic E-state index is 13.6. The van der Waals surface area contributed by atoms with Crippen LogP contribution in [-0.4, -0.2) is 23.5 Å². The zero-order valence-corrected chi connectivity index (χ0v) is 14.9. The van der Waals surface area contributed by atoms with Crippen molar-refractivity contribution in [2.45, 2.75) is 58.5 Å². The molecule has 0 amide bonds. The van der Waals surface area contributed by atoms with Gasteiger partial charge in [-0.1, -0.05) is 26.2 Å². The summed E-state index contributed by atoms with van der Waals surface area (Å²) in [6, 6.07) is 3.02. The van der Waals surface area contributed by atoms with Crippen molar-refractivity contribution in [2.75, 3.05) is 6.61 Å². The Morgan fingerprint density at radius 2 is 1.77 bits per heavy atom. The number of nitro groups is 1. The number of benzene rings is 1. The Balaban J connectivity index is 2.24. The van der Waals surface area contributed by atoms with E-state index in [2.05, 4.69) is 6.92 Å². The second-order valence-electron chi connectivity index (χ2n) is 5.83. The second kappa shape index (κ2) is 11.9. The highest BCUT2D eigenvalue weighted by atomic mass is 19.1. The molecule has 144 valence electrons. The minimum Gasteiger partial charge on any atom is -0.466 e. The molecule has 0 aliphatic carbocycles. The first-order valence-corrected chi connectivity index (χ1v) is 8.68. The zero-order chi connectivity index (χ0) is 19.4. The van der Waals surface area contributed by atoms with E-state index < -0.39 is 23.3 Å². The molecule has 7 nitrogen and oxygen atoms in total. The van der Waals surface area contributed by atoms with Gasteiger partial charge < -0.3 is 9.47 Å². The van der Waals surface area contributed by atoms with Crippen molar-refractivity contribution in [1.82, 2.24) is 0 Å². The Morgan fingerprint density at radius 1 is 1.08 bits per heavy atom. The number of non-ortho nitro benzene ring substituents is 1. The fourth-order valence-electron chi connectivity index (χ4n) is 2.18. The number of unbranched alkanes of at least 4 members (excludes halogenated alkanes) is 3. The van der Waals surface area contributed by atoms with E-state index in [1.165, 1.54) is 0 Å². The van der Waals surface area contributed by atoms with Gasteiger partial charge in [-0.2, -0.15) is 0 Å². The van der Waals surface area contributed by atoms with Gasteiger partial charge in [0, 0.05) is 30.5 Å². The van der Waals surface area contributed by atoms with E-state index in [9.17, 15) is 24.1 Å². The molecule has 8 heteroatoms. The van der Waals surface area contributed by atoms with Crippen LogP contribution in [-0.2, 0) is 25.7 Å². The molecule has 0 aliphatic rings. The van der Waals surface area contributed by atoms with Gasteiger partial charge in [0.05, 0.1) is 11.5 Å². The summed E-state index contributed by atoms with van der Waals surface area (Å²) in [5.74, 6) is -1.65. The molecule has 1 aromatic carbocycles. The van der Waals surface area contributed by atoms with E-state index in [1.54, 1.807) is 0 Å². The summed E-state index contributed by atoms with van der Waals surface area (Å²) in [6.45, 7) is 2.09. The third-order valence-electron chi connectivity index (χ3n) is 3.65. The van der Waals surface area contributed by atoms with E-state index in [0.29, 0.717) is 6.61 Å². The molecular formula is C18H24FNO6. The molecule has 0 bridgehead atoms. The molecular weight excluding hydrogens is 345 g/mol. The smallest absolute Gasteiger partial charge is 0.306 e. The Hall–Kier alpha value is -2.51. The summed E-state index contributed by atoms with van der Waals surface area (Å²) in [6.07, 6.45) is 4.42. The molecule has 0 N–H and O–H groups in total. The highest BCUT2D eigenvalue weighted by Gasteiger charge is 2.13. The molecule has 0 heterocycles. The van der Waals surface area contributed by atoms with Crippen molar-refractivity contribution in [3.63, 3.8) is 0 Å². The summed E-state index contributed by atoms with van der Waals surface area (Å²) in [5.41, 5.74) is -0.349. The summed E-state index contributed by atoms with van der Waals surface area (Å²) < 4.78 is 23.5. The molecule has 0 atom stereocenters. The fraction of sp³-hybridized carbons (Fsp3) is 0.556. The molecule has 0 aliphatic heterocycles. The van der Waals surface area contributed by atoms with Gasteiger partial charge in [0.15, 0.2) is 0 Å². The van der Waals surface area contributed by atoms with Crippen molar-refractivity contribution in [2.24, 2.45) is 0 Å². The number of hydrogen-bond donors (Lipinski definition) is 0. The largest absolute Gasteiger partial charge is 0.466 e. The van der Waals surface area contributed by atoms with Crippen LogP contribution in [0.15, 0.2) is 18.2 Å². The first kappa shape index (κ1) is 21.5. The van der Waals surface area contributed by atoms with E-state index in [-0.39, 0.29) is 36.5 Å². The molecule has 0 fully saturated rings. The van der Waals surface area contributed by atoms with Crippen LogP contribution in [0.5, 0.6) is 0 Å². The monoisotopic (exact) mass is 369 g/mol. The van der Waals surface area contributed by atoms with Gasteiger partial charge in [-0.3, -0.25) is 19.7 Å². The predicted octanol–water partition coefficient (Wildman–Crippen LogP) is 4.07. The molecule has 26 heavy (non-hydrogen) atoms. The third kappa shape index (κ3) is 8.55. The lowest BCUT2D eigenvalue weighted by Crippen LogP contribution is -2.09. The van der Waals surface area contributed by atoms with E-state index in [4.69, 9.17) is 9.47 Å². The maximum Gasteiger partial charge on any atom is 0.306 e. The van der Waals surface area contributed by atoms with Crippen molar-refractivity contribution >= 4 is 17.6 Å². The molecule has 0 radical (unpaired) electrons. The number of hydrogen-bond acceptors (Lipinski definition) is 6. The summed E-state index contributed by atoms with van der Waals surface area (Å²) in [7, 11) is 0. The number of ether oxygens (including phenoxy) is 2. The summed E-state index contributed by atoms with van der Waals surface area (Å²) >= 11 is 0. The van der Waals surface area contributed by atoms with E-state index in [1.807, 2.05) is 0 Å². The van der Waals surface area contributed by atoms with Crippen molar-refractivity contribution in [3.8, 4) is 0 Å².